The van der Waals surface area contributed by atoms with Crippen LogP contribution >= 0.6 is 0 Å². The second kappa shape index (κ2) is 9.53. The van der Waals surface area contributed by atoms with E-state index in [2.05, 4.69) is 6.07 Å². The number of nitrogens with zero attached hydrogens (tertiary/aromatic N) is 1. The molecule has 1 unspecified atom stereocenters. The number of carbonyl (C=O) groups is 2. The molecule has 1 atom stereocenters. The number of carbonyl (C=O) groups excluding carboxylic acids is 2. The Morgan fingerprint density at radius 2 is 1.85 bits per heavy atom. The number of hydrogen-bond donors (Lipinski definition) is 0. The van der Waals surface area contributed by atoms with Crippen molar-refractivity contribution < 1.29 is 14.3 Å². The Hall–Kier alpha value is -2.93. The lowest BCUT2D eigenvalue weighted by molar-refractivity contribution is -0.151. The van der Waals surface area contributed by atoms with Crippen molar-refractivity contribution in [3.63, 3.8) is 0 Å². The standard InChI is InChI=1S/C22H23NO3/c1-3-8-21(24)20(22(25)26-4-2)14-16-11-12-19(18(13-16)15-23)17-9-6-5-7-10-17/h5-7,9-13,20H,3-4,8,14H2,1-2H3. The minimum Gasteiger partial charge on any atom is -0.465 e. The van der Waals surface area contributed by atoms with Crippen LogP contribution in [0.4, 0.5) is 0 Å². The third-order valence-electron chi connectivity index (χ3n) is 4.19. The lowest BCUT2D eigenvalue weighted by Gasteiger charge is -2.15. The van der Waals surface area contributed by atoms with Crippen LogP contribution in [0.2, 0.25) is 0 Å². The van der Waals surface area contributed by atoms with E-state index in [9.17, 15) is 14.9 Å². The molecule has 0 radical (unpaired) electrons. The Morgan fingerprint density at radius 1 is 1.12 bits per heavy atom. The smallest absolute Gasteiger partial charge is 0.316 e. The summed E-state index contributed by atoms with van der Waals surface area (Å²) in [5.74, 6) is -1.42. The highest BCUT2D eigenvalue weighted by Crippen LogP contribution is 2.25. The van der Waals surface area contributed by atoms with E-state index in [0.29, 0.717) is 18.4 Å². The molecule has 2 rings (SSSR count). The number of nitriles is 1. The summed E-state index contributed by atoms with van der Waals surface area (Å²) in [7, 11) is 0. The van der Waals surface area contributed by atoms with E-state index in [1.165, 1.54) is 0 Å². The molecule has 0 aliphatic rings. The van der Waals surface area contributed by atoms with Crippen molar-refractivity contribution in [2.75, 3.05) is 6.61 Å². The monoisotopic (exact) mass is 349 g/mol. The van der Waals surface area contributed by atoms with E-state index < -0.39 is 11.9 Å². The highest BCUT2D eigenvalue weighted by Gasteiger charge is 2.27. The molecule has 0 N–H and O–H groups in total. The van der Waals surface area contributed by atoms with Crippen LogP contribution in [0.1, 0.15) is 37.8 Å². The van der Waals surface area contributed by atoms with Crippen LogP contribution < -0.4 is 0 Å². The number of ether oxygens (including phenoxy) is 1. The van der Waals surface area contributed by atoms with Crippen LogP contribution in [0.3, 0.4) is 0 Å². The summed E-state index contributed by atoms with van der Waals surface area (Å²) in [5.41, 5.74) is 3.10. The third kappa shape index (κ3) is 4.80. The fourth-order valence-electron chi connectivity index (χ4n) is 2.91. The van der Waals surface area contributed by atoms with E-state index in [4.69, 9.17) is 4.74 Å². The van der Waals surface area contributed by atoms with E-state index in [1.54, 1.807) is 13.0 Å². The van der Waals surface area contributed by atoms with Crippen molar-refractivity contribution in [2.24, 2.45) is 5.92 Å². The first kappa shape index (κ1) is 19.4. The lowest BCUT2D eigenvalue weighted by atomic mass is 9.90. The average molecular weight is 349 g/mol. The minimum absolute atomic E-state index is 0.114. The van der Waals surface area contributed by atoms with E-state index >= 15 is 0 Å². The van der Waals surface area contributed by atoms with Gasteiger partial charge in [0.2, 0.25) is 0 Å². The molecule has 0 heterocycles. The van der Waals surface area contributed by atoms with Gasteiger partial charge >= 0.3 is 5.97 Å². The zero-order valence-electron chi connectivity index (χ0n) is 15.2. The summed E-state index contributed by atoms with van der Waals surface area (Å²) < 4.78 is 5.07. The average Bonchev–Trinajstić information content (AvgIpc) is 2.66. The molecule has 0 bridgehead atoms. The molecular formula is C22H23NO3. The maximum absolute atomic E-state index is 12.3. The maximum Gasteiger partial charge on any atom is 0.316 e. The van der Waals surface area contributed by atoms with Crippen molar-refractivity contribution in [1.29, 1.82) is 5.26 Å². The highest BCUT2D eigenvalue weighted by atomic mass is 16.5. The van der Waals surface area contributed by atoms with Gasteiger partial charge in [-0.05, 0) is 42.5 Å². The summed E-state index contributed by atoms with van der Waals surface area (Å²) in [6.45, 7) is 3.87. The fourth-order valence-corrected chi connectivity index (χ4v) is 2.91. The largest absolute Gasteiger partial charge is 0.465 e. The van der Waals surface area contributed by atoms with E-state index in [-0.39, 0.29) is 18.8 Å². The van der Waals surface area contributed by atoms with Gasteiger partial charge in [-0.3, -0.25) is 9.59 Å². The number of rotatable bonds is 8. The van der Waals surface area contributed by atoms with Gasteiger partial charge in [0.25, 0.3) is 0 Å². The molecule has 0 fully saturated rings. The molecule has 0 spiro atoms. The van der Waals surface area contributed by atoms with Crippen LogP contribution in [-0.4, -0.2) is 18.4 Å². The molecule has 26 heavy (non-hydrogen) atoms. The molecule has 4 heteroatoms. The summed E-state index contributed by atoms with van der Waals surface area (Å²) in [5, 5.41) is 9.52. The number of hydrogen-bond acceptors (Lipinski definition) is 4. The van der Waals surface area contributed by atoms with Gasteiger partial charge in [-0.15, -0.1) is 0 Å². The van der Waals surface area contributed by atoms with Crippen LogP contribution in [0.5, 0.6) is 0 Å². The van der Waals surface area contributed by atoms with E-state index in [1.807, 2.05) is 49.4 Å². The molecule has 134 valence electrons. The predicted octanol–water partition coefficient (Wildman–Crippen LogP) is 4.32. The first-order valence-corrected chi connectivity index (χ1v) is 8.88. The van der Waals surface area contributed by atoms with E-state index in [0.717, 1.165) is 16.7 Å². The fraction of sp³-hybridized carbons (Fsp3) is 0.318. The Kier molecular flexibility index (Phi) is 7.11. The zero-order chi connectivity index (χ0) is 18.9. The Labute approximate surface area is 154 Å². The van der Waals surface area contributed by atoms with Crippen LogP contribution in [0.15, 0.2) is 48.5 Å². The van der Waals surface area contributed by atoms with Gasteiger partial charge in [-0.1, -0.05) is 49.4 Å². The van der Waals surface area contributed by atoms with Gasteiger partial charge in [0.15, 0.2) is 0 Å². The maximum atomic E-state index is 12.3. The van der Waals surface area contributed by atoms with Crippen LogP contribution in [0, 0.1) is 17.2 Å². The molecule has 0 aliphatic carbocycles. The normalized spacial score (nSPS) is 11.4. The topological polar surface area (TPSA) is 67.2 Å². The van der Waals surface area contributed by atoms with Gasteiger partial charge in [-0.2, -0.15) is 5.26 Å². The molecule has 0 aliphatic heterocycles. The van der Waals surface area contributed by atoms with Gasteiger partial charge in [0.05, 0.1) is 18.2 Å². The lowest BCUT2D eigenvalue weighted by Crippen LogP contribution is -2.28. The third-order valence-corrected chi connectivity index (χ3v) is 4.19. The summed E-state index contributed by atoms with van der Waals surface area (Å²) in [4.78, 5) is 24.5. The molecule has 0 saturated carbocycles. The first-order valence-electron chi connectivity index (χ1n) is 8.88. The summed E-state index contributed by atoms with van der Waals surface area (Å²) in [6, 6.07) is 17.4. The molecule has 0 saturated heterocycles. The second-order valence-corrected chi connectivity index (χ2v) is 6.08. The summed E-state index contributed by atoms with van der Waals surface area (Å²) in [6.07, 6.45) is 1.28. The predicted molar refractivity (Wildman–Crippen MR) is 100 cm³/mol. The Bertz CT molecular complexity index is 788. The molecular weight excluding hydrogens is 326 g/mol. The molecule has 4 nitrogen and oxygen atoms in total. The van der Waals surface area contributed by atoms with Crippen LogP contribution in [-0.2, 0) is 20.7 Å². The molecule has 2 aromatic rings. The first-order chi connectivity index (χ1) is 12.6. The SMILES string of the molecule is CCCC(=O)C(Cc1ccc(-c2ccccc2)c(C#N)c1)C(=O)OCC. The number of benzene rings is 2. The van der Waals surface area contributed by atoms with Gasteiger partial charge in [0, 0.05) is 6.42 Å². The summed E-state index contributed by atoms with van der Waals surface area (Å²) >= 11 is 0. The van der Waals surface area contributed by atoms with Crippen molar-refractivity contribution in [2.45, 2.75) is 33.1 Å². The van der Waals surface area contributed by atoms with Crippen molar-refractivity contribution in [3.05, 3.63) is 59.7 Å². The minimum atomic E-state index is -0.816. The highest BCUT2D eigenvalue weighted by molar-refractivity contribution is 5.99. The second-order valence-electron chi connectivity index (χ2n) is 6.08. The quantitative estimate of drug-likeness (QED) is 0.526. The van der Waals surface area contributed by atoms with Crippen molar-refractivity contribution in [1.82, 2.24) is 0 Å². The molecule has 0 amide bonds. The zero-order valence-corrected chi connectivity index (χ0v) is 15.2. The number of ketones is 1. The molecule has 2 aromatic carbocycles. The van der Waals surface area contributed by atoms with Crippen molar-refractivity contribution >= 4 is 11.8 Å². The Morgan fingerprint density at radius 3 is 2.46 bits per heavy atom. The van der Waals surface area contributed by atoms with Crippen molar-refractivity contribution in [3.8, 4) is 17.2 Å². The number of Topliss-reactive ketones (excluding diaryl/α,β-unsaturated/α-hetero) is 1. The Balaban J connectivity index is 2.31. The van der Waals surface area contributed by atoms with Gasteiger partial charge < -0.3 is 4.74 Å². The molecule has 0 aromatic heterocycles. The van der Waals surface area contributed by atoms with Crippen LogP contribution in [0.25, 0.3) is 11.1 Å². The van der Waals surface area contributed by atoms with Gasteiger partial charge in [0.1, 0.15) is 11.7 Å². The number of esters is 1. The van der Waals surface area contributed by atoms with Gasteiger partial charge in [-0.25, -0.2) is 0 Å².